The van der Waals surface area contributed by atoms with E-state index in [1.807, 2.05) is 45.9 Å². The third kappa shape index (κ3) is 4.97. The van der Waals surface area contributed by atoms with Crippen LogP contribution in [0.1, 0.15) is 30.5 Å². The van der Waals surface area contributed by atoms with Gasteiger partial charge in [-0.05, 0) is 103 Å². The number of benzene rings is 2. The fourth-order valence-electron chi connectivity index (χ4n) is 3.36. The molecule has 1 aliphatic rings. The van der Waals surface area contributed by atoms with Gasteiger partial charge in [-0.15, -0.1) is 0 Å². The second-order valence-corrected chi connectivity index (χ2v) is 8.24. The van der Waals surface area contributed by atoms with E-state index in [0.717, 1.165) is 11.1 Å². The second kappa shape index (κ2) is 9.62. The van der Waals surface area contributed by atoms with Gasteiger partial charge in [-0.1, -0.05) is 6.07 Å². The van der Waals surface area contributed by atoms with E-state index >= 15 is 0 Å². The number of rotatable bonds is 6. The number of carbonyl (C=O) groups excluding carboxylic acids is 2. The van der Waals surface area contributed by atoms with Crippen molar-refractivity contribution in [3.63, 3.8) is 0 Å². The predicted molar refractivity (Wildman–Crippen MR) is 129 cm³/mol. The lowest BCUT2D eigenvalue weighted by Gasteiger charge is -2.29. The van der Waals surface area contributed by atoms with E-state index in [0.29, 0.717) is 40.4 Å². The lowest BCUT2D eigenvalue weighted by molar-refractivity contribution is -0.122. The van der Waals surface area contributed by atoms with Crippen LogP contribution in [-0.4, -0.2) is 30.1 Å². The van der Waals surface area contributed by atoms with Crippen LogP contribution < -0.4 is 19.7 Å². The first-order valence-electron chi connectivity index (χ1n) is 9.84. The number of halogens is 1. The van der Waals surface area contributed by atoms with E-state index in [-0.39, 0.29) is 10.7 Å². The van der Waals surface area contributed by atoms with Crippen molar-refractivity contribution in [1.29, 1.82) is 0 Å². The number of anilines is 1. The van der Waals surface area contributed by atoms with E-state index in [1.54, 1.807) is 12.1 Å². The molecule has 0 unspecified atom stereocenters. The Morgan fingerprint density at radius 3 is 2.29 bits per heavy atom. The van der Waals surface area contributed by atoms with Gasteiger partial charge in [0.1, 0.15) is 5.57 Å². The fourth-order valence-corrected chi connectivity index (χ4v) is 4.21. The van der Waals surface area contributed by atoms with Gasteiger partial charge in [0.2, 0.25) is 0 Å². The Morgan fingerprint density at radius 2 is 1.68 bits per heavy atom. The highest BCUT2D eigenvalue weighted by Crippen LogP contribution is 2.38. The van der Waals surface area contributed by atoms with Crippen molar-refractivity contribution in [1.82, 2.24) is 5.32 Å². The van der Waals surface area contributed by atoms with Gasteiger partial charge >= 0.3 is 0 Å². The van der Waals surface area contributed by atoms with Gasteiger partial charge < -0.3 is 9.47 Å². The van der Waals surface area contributed by atoms with Gasteiger partial charge in [0.25, 0.3) is 11.8 Å². The van der Waals surface area contributed by atoms with Gasteiger partial charge in [0.05, 0.1) is 23.4 Å². The Hall–Kier alpha value is -2.71. The Balaban J connectivity index is 2.05. The number of aryl methyl sites for hydroxylation is 2. The average Bonchev–Trinajstić information content (AvgIpc) is 2.67. The van der Waals surface area contributed by atoms with E-state index < -0.39 is 11.8 Å². The van der Waals surface area contributed by atoms with E-state index in [4.69, 9.17) is 21.7 Å². The van der Waals surface area contributed by atoms with Crippen molar-refractivity contribution in [2.24, 2.45) is 0 Å². The highest BCUT2D eigenvalue weighted by molar-refractivity contribution is 9.10. The summed E-state index contributed by atoms with van der Waals surface area (Å²) in [5.74, 6) is 0.0696. The maximum absolute atomic E-state index is 13.3. The zero-order valence-electron chi connectivity index (χ0n) is 17.7. The monoisotopic (exact) mass is 502 g/mol. The lowest BCUT2D eigenvalue weighted by atomic mass is 10.1. The van der Waals surface area contributed by atoms with Crippen LogP contribution in [0.2, 0.25) is 0 Å². The topological polar surface area (TPSA) is 67.9 Å². The van der Waals surface area contributed by atoms with Crippen LogP contribution in [0.4, 0.5) is 5.69 Å². The third-order valence-corrected chi connectivity index (χ3v) is 5.37. The first-order chi connectivity index (χ1) is 14.7. The predicted octanol–water partition coefficient (Wildman–Crippen LogP) is 4.69. The zero-order valence-corrected chi connectivity index (χ0v) is 20.1. The summed E-state index contributed by atoms with van der Waals surface area (Å²) in [7, 11) is 0. The van der Waals surface area contributed by atoms with Gasteiger partial charge in [-0.25, -0.2) is 0 Å². The van der Waals surface area contributed by atoms with Crippen LogP contribution in [0.25, 0.3) is 6.08 Å². The largest absolute Gasteiger partial charge is 0.490 e. The van der Waals surface area contributed by atoms with Crippen molar-refractivity contribution in [3.8, 4) is 11.5 Å². The molecule has 0 spiro atoms. The quantitative estimate of drug-likeness (QED) is 0.352. The van der Waals surface area contributed by atoms with Crippen molar-refractivity contribution >= 4 is 56.8 Å². The number of thiocarbonyl (C=S) groups is 1. The number of hydrogen-bond acceptors (Lipinski definition) is 5. The molecule has 0 aliphatic carbocycles. The molecule has 6 nitrogen and oxygen atoms in total. The molecule has 1 aliphatic heterocycles. The van der Waals surface area contributed by atoms with Gasteiger partial charge in [0.15, 0.2) is 16.6 Å². The lowest BCUT2D eigenvalue weighted by Crippen LogP contribution is -2.54. The molecule has 31 heavy (non-hydrogen) atoms. The Labute approximate surface area is 195 Å². The molecular formula is C23H23BrN2O4S. The molecule has 8 heteroatoms. The maximum Gasteiger partial charge on any atom is 0.270 e. The summed E-state index contributed by atoms with van der Waals surface area (Å²) in [5.41, 5.74) is 3.19. The molecule has 0 radical (unpaired) electrons. The summed E-state index contributed by atoms with van der Waals surface area (Å²) >= 11 is 8.78. The minimum absolute atomic E-state index is 0.0220. The van der Waals surface area contributed by atoms with Crippen LogP contribution in [0, 0.1) is 13.8 Å². The number of nitrogens with one attached hydrogen (secondary N) is 1. The summed E-state index contributed by atoms with van der Waals surface area (Å²) in [6.07, 6.45) is 1.53. The third-order valence-electron chi connectivity index (χ3n) is 4.50. The highest BCUT2D eigenvalue weighted by atomic mass is 79.9. The maximum atomic E-state index is 13.3. The molecule has 2 aromatic rings. The van der Waals surface area contributed by atoms with Gasteiger partial charge in [-0.2, -0.15) is 0 Å². The van der Waals surface area contributed by atoms with E-state index in [1.165, 1.54) is 11.0 Å². The zero-order chi connectivity index (χ0) is 22.7. The molecule has 0 aromatic heterocycles. The molecule has 1 saturated heterocycles. The smallest absolute Gasteiger partial charge is 0.270 e. The molecule has 0 saturated carbocycles. The van der Waals surface area contributed by atoms with Crippen molar-refractivity contribution < 1.29 is 19.1 Å². The minimum Gasteiger partial charge on any atom is -0.490 e. The van der Waals surface area contributed by atoms with Gasteiger partial charge in [0, 0.05) is 0 Å². The second-order valence-electron chi connectivity index (χ2n) is 7.00. The molecule has 1 heterocycles. The van der Waals surface area contributed by atoms with E-state index in [2.05, 4.69) is 21.2 Å². The van der Waals surface area contributed by atoms with Gasteiger partial charge in [-0.3, -0.25) is 19.8 Å². The molecule has 1 fully saturated rings. The SMILES string of the molecule is CCOc1cc(/C=C2\C(=O)NC(=S)N(c3cc(C)cc(C)c3)C2=O)cc(Br)c1OCC. The summed E-state index contributed by atoms with van der Waals surface area (Å²) in [5, 5.41) is 2.67. The van der Waals surface area contributed by atoms with Crippen molar-refractivity contribution in [2.75, 3.05) is 18.1 Å². The van der Waals surface area contributed by atoms with E-state index in [9.17, 15) is 9.59 Å². The Kier molecular flexibility index (Phi) is 7.12. The van der Waals surface area contributed by atoms with Crippen LogP contribution in [0.3, 0.4) is 0 Å². The summed E-state index contributed by atoms with van der Waals surface area (Å²) < 4.78 is 12.0. The number of carbonyl (C=O) groups is 2. The first-order valence-corrected chi connectivity index (χ1v) is 11.0. The molecule has 2 amide bonds. The highest BCUT2D eigenvalue weighted by Gasteiger charge is 2.34. The molecule has 0 bridgehead atoms. The average molecular weight is 503 g/mol. The van der Waals surface area contributed by atoms with Crippen LogP contribution in [0.15, 0.2) is 40.4 Å². The number of nitrogens with zero attached hydrogens (tertiary/aromatic N) is 1. The number of hydrogen-bond donors (Lipinski definition) is 1. The summed E-state index contributed by atoms with van der Waals surface area (Å²) in [6.45, 7) is 8.55. The summed E-state index contributed by atoms with van der Waals surface area (Å²) in [4.78, 5) is 27.2. The standard InChI is InChI=1S/C23H23BrN2O4S/c1-5-29-19-12-15(11-18(24)20(19)30-6-2)10-17-21(27)25-23(31)26(22(17)28)16-8-13(3)7-14(4)9-16/h7-12H,5-6H2,1-4H3,(H,25,27,31)/b17-10+. The molecule has 162 valence electrons. The normalized spacial score (nSPS) is 15.3. The van der Waals surface area contributed by atoms with Crippen molar-refractivity contribution in [3.05, 3.63) is 57.1 Å². The molecule has 0 atom stereocenters. The number of amides is 2. The minimum atomic E-state index is -0.543. The molecule has 3 rings (SSSR count). The summed E-state index contributed by atoms with van der Waals surface area (Å²) in [6, 6.07) is 9.22. The molecule has 1 N–H and O–H groups in total. The number of ether oxygens (including phenoxy) is 2. The van der Waals surface area contributed by atoms with Crippen molar-refractivity contribution in [2.45, 2.75) is 27.7 Å². The molecule has 2 aromatic carbocycles. The Bertz CT molecular complexity index is 1080. The van der Waals surface area contributed by atoms with Crippen LogP contribution >= 0.6 is 28.1 Å². The van der Waals surface area contributed by atoms with Crippen LogP contribution in [0.5, 0.6) is 11.5 Å². The first kappa shape index (κ1) is 23.0. The Morgan fingerprint density at radius 1 is 1.03 bits per heavy atom. The molecular weight excluding hydrogens is 480 g/mol. The van der Waals surface area contributed by atoms with Crippen LogP contribution in [-0.2, 0) is 9.59 Å². The fraction of sp³-hybridized carbons (Fsp3) is 0.261.